The van der Waals surface area contributed by atoms with Crippen LogP contribution in [-0.4, -0.2) is 16.3 Å². The Bertz CT molecular complexity index is 417. The van der Waals surface area contributed by atoms with Crippen molar-refractivity contribution in [3.05, 3.63) is 36.0 Å². The summed E-state index contributed by atoms with van der Waals surface area (Å²) >= 11 is 0. The smallest absolute Gasteiger partial charge is 0.0610 e. The van der Waals surface area contributed by atoms with Crippen LogP contribution in [0.15, 0.2) is 24.4 Å². The van der Waals surface area contributed by atoms with E-state index in [4.69, 9.17) is 5.11 Å². The Labute approximate surface area is 77.4 Å². The van der Waals surface area contributed by atoms with Crippen molar-refractivity contribution in [2.45, 2.75) is 13.5 Å². The average molecular weight is 174 g/mol. The largest absolute Gasteiger partial charge is 0.395 e. The molecule has 1 heterocycles. The lowest BCUT2D eigenvalue weighted by Crippen LogP contribution is -1.99. The monoisotopic (exact) mass is 174 g/mol. The molecule has 1 aromatic carbocycles. The second-order valence-corrected chi connectivity index (χ2v) is 3.17. The lowest BCUT2D eigenvalue weighted by Gasteiger charge is -2.00. The predicted octanol–water partition coefficient (Wildman–Crippen LogP) is 1.74. The molecule has 0 aliphatic carbocycles. The summed E-state index contributed by atoms with van der Waals surface area (Å²) in [7, 11) is 0. The van der Waals surface area contributed by atoms with Gasteiger partial charge in [0.2, 0.25) is 0 Å². The summed E-state index contributed by atoms with van der Waals surface area (Å²) < 4.78 is 2.06. The van der Waals surface area contributed by atoms with E-state index in [0.29, 0.717) is 6.54 Å². The molecule has 2 aromatic rings. The van der Waals surface area contributed by atoms with Gasteiger partial charge in [0.25, 0.3) is 0 Å². The normalized spacial score (nSPS) is 10.9. The van der Waals surface area contributed by atoms with E-state index < -0.39 is 0 Å². The van der Waals surface area contributed by atoms with Crippen LogP contribution < -0.4 is 0 Å². The minimum Gasteiger partial charge on any atom is -0.395 e. The number of aryl methyl sites for hydroxylation is 1. The van der Waals surface area contributed by atoms with Crippen LogP contribution in [0.3, 0.4) is 0 Å². The van der Waals surface area contributed by atoms with Gasteiger partial charge in [-0.1, -0.05) is 12.1 Å². The summed E-state index contributed by atoms with van der Waals surface area (Å²) in [5.41, 5.74) is 2.39. The maximum absolute atomic E-state index is 8.86. The van der Waals surface area contributed by atoms with Crippen molar-refractivity contribution in [2.24, 2.45) is 0 Å². The molecule has 0 amide bonds. The van der Waals surface area contributed by atoms with Crippen molar-refractivity contribution < 1.29 is 5.11 Å². The minimum atomic E-state index is 0.179. The lowest BCUT2D eigenvalue weighted by molar-refractivity contribution is 0.278. The van der Waals surface area contributed by atoms with Gasteiger partial charge in [0.15, 0.2) is 0 Å². The van der Waals surface area contributed by atoms with Crippen molar-refractivity contribution in [2.75, 3.05) is 6.61 Å². The third kappa shape index (κ3) is 1.33. The van der Waals surface area contributed by atoms with Crippen LogP contribution in [0.4, 0.5) is 0 Å². The fraction of sp³-hybridized carbons (Fsp3) is 0.273. The molecule has 0 saturated carbocycles. The summed E-state index contributed by atoms with van der Waals surface area (Å²) in [5.74, 6) is 0. The molecule has 2 nitrogen and oxygen atoms in total. The first-order chi connectivity index (χ1) is 6.33. The third-order valence-electron chi connectivity index (χ3n) is 2.27. The highest BCUT2D eigenvalue weighted by Crippen LogP contribution is 2.19. The molecule has 0 saturated heterocycles. The van der Waals surface area contributed by atoms with Crippen LogP contribution in [0.5, 0.6) is 0 Å². The van der Waals surface area contributed by atoms with Crippen molar-refractivity contribution in [3.63, 3.8) is 0 Å². The average Bonchev–Trinajstić information content (AvgIpc) is 2.46. The maximum Gasteiger partial charge on any atom is 0.0610 e. The van der Waals surface area contributed by atoms with E-state index in [1.54, 1.807) is 0 Å². The van der Waals surface area contributed by atoms with Crippen LogP contribution in [-0.2, 0) is 6.54 Å². The first kappa shape index (κ1) is 8.32. The van der Waals surface area contributed by atoms with Crippen LogP contribution >= 0.6 is 0 Å². The van der Waals surface area contributed by atoms with Gasteiger partial charge in [-0.15, -0.1) is 0 Å². The first-order valence-electron chi connectivity index (χ1n) is 4.39. The molecule has 2 rings (SSSR count). The molecule has 0 unspecified atom stereocenters. The van der Waals surface area contributed by atoms with Crippen LogP contribution in [0, 0.1) is 13.0 Å². The molecule has 1 N–H and O–H groups in total. The Balaban J connectivity index is 2.63. The summed E-state index contributed by atoms with van der Waals surface area (Å²) in [6.07, 6.45) is 2.06. The Hall–Kier alpha value is -1.28. The van der Waals surface area contributed by atoms with Crippen molar-refractivity contribution >= 4 is 10.9 Å². The summed E-state index contributed by atoms with van der Waals surface area (Å²) in [6, 6.07) is 8.97. The lowest BCUT2D eigenvalue weighted by atomic mass is 10.2. The third-order valence-corrected chi connectivity index (χ3v) is 2.27. The molecule has 1 aromatic heterocycles. The molecular formula is C11H12NO. The Morgan fingerprint density at radius 1 is 1.54 bits per heavy atom. The van der Waals surface area contributed by atoms with Gasteiger partial charge in [-0.3, -0.25) is 0 Å². The molecule has 0 aliphatic rings. The molecule has 0 spiro atoms. The molecule has 0 fully saturated rings. The summed E-state index contributed by atoms with van der Waals surface area (Å²) in [4.78, 5) is 0. The van der Waals surface area contributed by atoms with Crippen molar-refractivity contribution in [3.8, 4) is 0 Å². The van der Waals surface area contributed by atoms with Gasteiger partial charge in [0, 0.05) is 23.6 Å². The number of aliphatic hydroxyl groups excluding tert-OH is 1. The summed E-state index contributed by atoms with van der Waals surface area (Å²) in [5, 5.41) is 10.1. The number of benzene rings is 1. The van der Waals surface area contributed by atoms with Crippen LogP contribution in [0.2, 0.25) is 0 Å². The SMILES string of the molecule is Cc1cn(CCO)c2c[c]ccc12. The van der Waals surface area contributed by atoms with Crippen molar-refractivity contribution in [1.29, 1.82) is 0 Å². The maximum atomic E-state index is 8.86. The number of fused-ring (bicyclic) bond motifs is 1. The van der Waals surface area contributed by atoms with Gasteiger partial charge in [-0.2, -0.15) is 0 Å². The number of rotatable bonds is 2. The number of nitrogens with zero attached hydrogens (tertiary/aromatic N) is 1. The molecular weight excluding hydrogens is 162 g/mol. The van der Waals surface area contributed by atoms with E-state index in [0.717, 1.165) is 5.52 Å². The van der Waals surface area contributed by atoms with E-state index in [-0.39, 0.29) is 6.61 Å². The minimum absolute atomic E-state index is 0.179. The van der Waals surface area contributed by atoms with Gasteiger partial charge in [0.1, 0.15) is 0 Å². The summed E-state index contributed by atoms with van der Waals surface area (Å²) in [6.45, 7) is 2.91. The Kier molecular flexibility index (Phi) is 2.07. The number of aliphatic hydroxyl groups is 1. The topological polar surface area (TPSA) is 25.2 Å². The number of hydrogen-bond donors (Lipinski definition) is 1. The quantitative estimate of drug-likeness (QED) is 0.737. The van der Waals surface area contributed by atoms with E-state index in [2.05, 4.69) is 29.8 Å². The standard InChI is InChI=1S/C11H12NO/c1-9-8-12(6-7-13)11-5-3-2-4-10(9)11/h2,4-5,8,13H,6-7H2,1H3. The molecule has 2 heteroatoms. The molecule has 0 bridgehead atoms. The zero-order chi connectivity index (χ0) is 9.26. The van der Waals surface area contributed by atoms with Crippen LogP contribution in [0.1, 0.15) is 5.56 Å². The van der Waals surface area contributed by atoms with Gasteiger partial charge in [-0.25, -0.2) is 0 Å². The Morgan fingerprint density at radius 3 is 3.15 bits per heavy atom. The second kappa shape index (κ2) is 3.23. The first-order valence-corrected chi connectivity index (χ1v) is 4.39. The highest BCUT2D eigenvalue weighted by molar-refractivity contribution is 5.83. The molecule has 0 atom stereocenters. The van der Waals surface area contributed by atoms with Gasteiger partial charge in [0.05, 0.1) is 6.61 Å². The second-order valence-electron chi connectivity index (χ2n) is 3.17. The van der Waals surface area contributed by atoms with Crippen molar-refractivity contribution in [1.82, 2.24) is 4.57 Å². The van der Waals surface area contributed by atoms with Gasteiger partial charge >= 0.3 is 0 Å². The fourth-order valence-electron chi connectivity index (χ4n) is 1.66. The van der Waals surface area contributed by atoms with Gasteiger partial charge in [-0.05, 0) is 24.6 Å². The zero-order valence-corrected chi connectivity index (χ0v) is 7.62. The van der Waals surface area contributed by atoms with E-state index in [1.807, 2.05) is 12.1 Å². The van der Waals surface area contributed by atoms with Gasteiger partial charge < -0.3 is 9.67 Å². The van der Waals surface area contributed by atoms with E-state index in [9.17, 15) is 0 Å². The number of aromatic nitrogens is 1. The highest BCUT2D eigenvalue weighted by atomic mass is 16.3. The highest BCUT2D eigenvalue weighted by Gasteiger charge is 2.02. The molecule has 0 aliphatic heterocycles. The van der Waals surface area contributed by atoms with E-state index in [1.165, 1.54) is 10.9 Å². The zero-order valence-electron chi connectivity index (χ0n) is 7.62. The Morgan fingerprint density at radius 2 is 2.38 bits per heavy atom. The molecule has 67 valence electrons. The molecule has 13 heavy (non-hydrogen) atoms. The fourth-order valence-corrected chi connectivity index (χ4v) is 1.66. The van der Waals surface area contributed by atoms with E-state index >= 15 is 0 Å². The predicted molar refractivity (Wildman–Crippen MR) is 52.6 cm³/mol. The number of hydrogen-bond acceptors (Lipinski definition) is 1. The van der Waals surface area contributed by atoms with Crippen LogP contribution in [0.25, 0.3) is 10.9 Å². The molecule has 1 radical (unpaired) electrons.